The molecule has 1 N–H and O–H groups in total. The molecule has 0 heterocycles. The Bertz CT molecular complexity index is 548. The molecule has 0 aliphatic heterocycles. The van der Waals surface area contributed by atoms with Gasteiger partial charge in [0.1, 0.15) is 5.75 Å². The van der Waals surface area contributed by atoms with E-state index in [2.05, 4.69) is 26.0 Å². The van der Waals surface area contributed by atoms with Crippen LogP contribution in [0.1, 0.15) is 5.56 Å². The van der Waals surface area contributed by atoms with Gasteiger partial charge in [-0.25, -0.2) is 0 Å². The summed E-state index contributed by atoms with van der Waals surface area (Å²) in [5, 5.41) is 3.16. The van der Waals surface area contributed by atoms with E-state index >= 15 is 0 Å². The molecule has 0 aromatic heterocycles. The third-order valence-electron chi connectivity index (χ3n) is 2.44. The number of benzene rings is 2. The molecule has 0 saturated heterocycles. The van der Waals surface area contributed by atoms with Gasteiger partial charge in [-0.3, -0.25) is 0 Å². The summed E-state index contributed by atoms with van der Waals surface area (Å²) >= 11 is 3.40. The highest BCUT2D eigenvalue weighted by atomic mass is 79.9. The molecule has 0 fully saturated rings. The molecule has 0 aliphatic rings. The molecule has 0 atom stereocenters. The highest BCUT2D eigenvalue weighted by Crippen LogP contribution is 2.20. The summed E-state index contributed by atoms with van der Waals surface area (Å²) in [5.74, 6) is 0.147. The molecule has 0 spiro atoms. The minimum Gasteiger partial charge on any atom is -0.435 e. The SMILES string of the molecule is FC(F)Oc1cccc(NCc2cccc(Br)c2)c1. The van der Waals surface area contributed by atoms with Crippen molar-refractivity contribution in [3.63, 3.8) is 0 Å². The van der Waals surface area contributed by atoms with Gasteiger partial charge in [0, 0.05) is 22.8 Å². The van der Waals surface area contributed by atoms with Crippen molar-refractivity contribution in [1.82, 2.24) is 0 Å². The molecule has 100 valence electrons. The number of nitrogens with one attached hydrogen (secondary N) is 1. The number of hydrogen-bond acceptors (Lipinski definition) is 2. The van der Waals surface area contributed by atoms with Gasteiger partial charge < -0.3 is 10.1 Å². The Morgan fingerprint density at radius 2 is 1.89 bits per heavy atom. The predicted molar refractivity (Wildman–Crippen MR) is 74.5 cm³/mol. The number of rotatable bonds is 5. The van der Waals surface area contributed by atoms with Crippen LogP contribution in [0.15, 0.2) is 53.0 Å². The normalized spacial score (nSPS) is 10.5. The summed E-state index contributed by atoms with van der Waals surface area (Å²) in [7, 11) is 0. The Kier molecular flexibility index (Phi) is 4.74. The lowest BCUT2D eigenvalue weighted by Crippen LogP contribution is -2.03. The van der Waals surface area contributed by atoms with E-state index in [1.54, 1.807) is 18.2 Å². The minimum absolute atomic E-state index is 0.147. The van der Waals surface area contributed by atoms with Crippen LogP contribution >= 0.6 is 15.9 Å². The van der Waals surface area contributed by atoms with Gasteiger partial charge in [-0.05, 0) is 29.8 Å². The molecule has 5 heteroatoms. The average Bonchev–Trinajstić information content (AvgIpc) is 2.36. The first-order valence-electron chi connectivity index (χ1n) is 5.67. The molecule has 0 bridgehead atoms. The third-order valence-corrected chi connectivity index (χ3v) is 2.94. The van der Waals surface area contributed by atoms with Crippen molar-refractivity contribution in [1.29, 1.82) is 0 Å². The average molecular weight is 328 g/mol. The molecular weight excluding hydrogens is 316 g/mol. The van der Waals surface area contributed by atoms with Crippen molar-refractivity contribution in [3.8, 4) is 5.75 Å². The molecule has 2 aromatic carbocycles. The fourth-order valence-corrected chi connectivity index (χ4v) is 2.08. The van der Waals surface area contributed by atoms with Gasteiger partial charge in [-0.15, -0.1) is 0 Å². The summed E-state index contributed by atoms with van der Waals surface area (Å²) in [6.07, 6.45) is 0. The largest absolute Gasteiger partial charge is 0.435 e. The molecular formula is C14H12BrF2NO. The van der Waals surface area contributed by atoms with Crippen LogP contribution in [0, 0.1) is 0 Å². The first kappa shape index (κ1) is 13.8. The molecule has 0 aliphatic carbocycles. The van der Waals surface area contributed by atoms with Gasteiger partial charge in [-0.2, -0.15) is 8.78 Å². The quantitative estimate of drug-likeness (QED) is 0.862. The summed E-state index contributed by atoms with van der Waals surface area (Å²) in [6.45, 7) is -2.20. The maximum atomic E-state index is 12.1. The lowest BCUT2D eigenvalue weighted by atomic mass is 10.2. The predicted octanol–water partition coefficient (Wildman–Crippen LogP) is 4.66. The zero-order chi connectivity index (χ0) is 13.7. The van der Waals surface area contributed by atoms with Gasteiger partial charge in [0.05, 0.1) is 0 Å². The first-order valence-corrected chi connectivity index (χ1v) is 6.46. The minimum atomic E-state index is -2.81. The van der Waals surface area contributed by atoms with Crippen molar-refractivity contribution < 1.29 is 13.5 Å². The lowest BCUT2D eigenvalue weighted by molar-refractivity contribution is -0.0498. The van der Waals surface area contributed by atoms with E-state index in [-0.39, 0.29) is 5.75 Å². The molecule has 2 aromatic rings. The standard InChI is InChI=1S/C14H12BrF2NO/c15-11-4-1-3-10(7-11)9-18-12-5-2-6-13(8-12)19-14(16)17/h1-8,14,18H,9H2. The van der Waals surface area contributed by atoms with Gasteiger partial charge in [0.25, 0.3) is 0 Å². The van der Waals surface area contributed by atoms with Crippen LogP contribution in [0.25, 0.3) is 0 Å². The maximum absolute atomic E-state index is 12.1. The van der Waals surface area contributed by atoms with Crippen LogP contribution in [0.2, 0.25) is 0 Å². The van der Waals surface area contributed by atoms with Crippen molar-refractivity contribution in [2.24, 2.45) is 0 Å². The third kappa shape index (κ3) is 4.52. The van der Waals surface area contributed by atoms with Crippen LogP contribution in [0.5, 0.6) is 5.75 Å². The van der Waals surface area contributed by atoms with E-state index in [1.807, 2.05) is 24.3 Å². The highest BCUT2D eigenvalue weighted by Gasteiger charge is 2.04. The molecule has 2 nitrogen and oxygen atoms in total. The molecule has 0 radical (unpaired) electrons. The second kappa shape index (κ2) is 6.52. The maximum Gasteiger partial charge on any atom is 0.387 e. The molecule has 19 heavy (non-hydrogen) atoms. The van der Waals surface area contributed by atoms with Gasteiger partial charge in [0.2, 0.25) is 0 Å². The number of anilines is 1. The summed E-state index contributed by atoms with van der Waals surface area (Å²) in [4.78, 5) is 0. The second-order valence-electron chi connectivity index (χ2n) is 3.89. The van der Waals surface area contributed by atoms with E-state index < -0.39 is 6.61 Å². The first-order chi connectivity index (χ1) is 9.13. The molecule has 0 unspecified atom stereocenters. The van der Waals surface area contributed by atoms with Crippen molar-refractivity contribution >= 4 is 21.6 Å². The Labute approximate surface area is 118 Å². The Morgan fingerprint density at radius 3 is 2.63 bits per heavy atom. The Balaban J connectivity index is 1.99. The van der Waals surface area contributed by atoms with E-state index in [0.29, 0.717) is 6.54 Å². The summed E-state index contributed by atoms with van der Waals surface area (Å²) in [5.41, 5.74) is 1.83. The Hall–Kier alpha value is -1.62. The van der Waals surface area contributed by atoms with Crippen molar-refractivity contribution in [2.45, 2.75) is 13.2 Å². The van der Waals surface area contributed by atoms with E-state index in [4.69, 9.17) is 0 Å². The molecule has 2 rings (SSSR count). The fourth-order valence-electron chi connectivity index (χ4n) is 1.63. The van der Waals surface area contributed by atoms with Crippen LogP contribution in [-0.4, -0.2) is 6.61 Å². The van der Waals surface area contributed by atoms with Crippen LogP contribution in [0.3, 0.4) is 0 Å². The summed E-state index contributed by atoms with van der Waals surface area (Å²) in [6, 6.07) is 14.4. The van der Waals surface area contributed by atoms with Crippen LogP contribution < -0.4 is 10.1 Å². The van der Waals surface area contributed by atoms with E-state index in [1.165, 1.54) is 6.07 Å². The van der Waals surface area contributed by atoms with Gasteiger partial charge in [-0.1, -0.05) is 34.1 Å². The number of halogens is 3. The fraction of sp³-hybridized carbons (Fsp3) is 0.143. The monoisotopic (exact) mass is 327 g/mol. The lowest BCUT2D eigenvalue weighted by Gasteiger charge is -2.09. The smallest absolute Gasteiger partial charge is 0.387 e. The zero-order valence-corrected chi connectivity index (χ0v) is 11.5. The molecule has 0 amide bonds. The van der Waals surface area contributed by atoms with E-state index in [0.717, 1.165) is 15.7 Å². The highest BCUT2D eigenvalue weighted by molar-refractivity contribution is 9.10. The molecule has 0 saturated carbocycles. The number of hydrogen-bond donors (Lipinski definition) is 1. The Morgan fingerprint density at radius 1 is 1.11 bits per heavy atom. The van der Waals surface area contributed by atoms with Crippen LogP contribution in [-0.2, 0) is 6.54 Å². The number of ether oxygens (including phenoxy) is 1. The second-order valence-corrected chi connectivity index (χ2v) is 4.81. The number of alkyl halides is 2. The van der Waals surface area contributed by atoms with Gasteiger partial charge in [0.15, 0.2) is 0 Å². The van der Waals surface area contributed by atoms with Gasteiger partial charge >= 0.3 is 6.61 Å². The zero-order valence-electron chi connectivity index (χ0n) is 9.95. The van der Waals surface area contributed by atoms with Crippen LogP contribution in [0.4, 0.5) is 14.5 Å². The van der Waals surface area contributed by atoms with Crippen molar-refractivity contribution in [2.75, 3.05) is 5.32 Å². The van der Waals surface area contributed by atoms with E-state index in [9.17, 15) is 8.78 Å². The topological polar surface area (TPSA) is 21.3 Å². The van der Waals surface area contributed by atoms with Crippen molar-refractivity contribution in [3.05, 3.63) is 58.6 Å². The summed E-state index contributed by atoms with van der Waals surface area (Å²) < 4.78 is 29.5.